The van der Waals surface area contributed by atoms with Crippen LogP contribution in [0.5, 0.6) is 17.2 Å². The van der Waals surface area contributed by atoms with E-state index in [9.17, 15) is 4.79 Å². The monoisotopic (exact) mass is 584 g/mol. The van der Waals surface area contributed by atoms with Crippen molar-refractivity contribution in [1.82, 2.24) is 4.90 Å². The van der Waals surface area contributed by atoms with E-state index >= 15 is 0 Å². The van der Waals surface area contributed by atoms with Crippen LogP contribution in [0.15, 0.2) is 107 Å². The van der Waals surface area contributed by atoms with E-state index in [2.05, 4.69) is 0 Å². The van der Waals surface area contributed by atoms with Crippen LogP contribution in [0.4, 0.5) is 5.69 Å². The Bertz CT molecular complexity index is 1560. The highest BCUT2D eigenvalue weighted by molar-refractivity contribution is 8.18. The summed E-state index contributed by atoms with van der Waals surface area (Å²) >= 11 is 8.01. The fourth-order valence-corrected chi connectivity index (χ4v) is 5.48. The average Bonchev–Trinajstić information content (AvgIpc) is 3.27. The van der Waals surface area contributed by atoms with E-state index in [1.165, 1.54) is 11.8 Å². The standard InChI is InChI=1S/C33H29ClN2O4S/c1-3-39-29-19-25(18-28(34)31(29)40-22-24-10-6-4-7-11-24)20-30-32(37)36(21-23-14-16-27(38-2)17-15-23)33(41-30)35-26-12-8-5-9-13-26/h4-20H,3,21-22H2,1-2H3/b30-20-,35-33?. The van der Waals surface area contributed by atoms with Gasteiger partial charge in [-0.15, -0.1) is 0 Å². The number of aliphatic imine (C=N–C) groups is 1. The quantitative estimate of drug-likeness (QED) is 0.176. The summed E-state index contributed by atoms with van der Waals surface area (Å²) in [7, 11) is 1.63. The molecule has 8 heteroatoms. The highest BCUT2D eigenvalue weighted by atomic mass is 35.5. The number of amides is 1. The molecule has 0 unspecified atom stereocenters. The molecule has 0 aliphatic carbocycles. The van der Waals surface area contributed by atoms with Crippen molar-refractivity contribution in [3.05, 3.63) is 124 Å². The first-order valence-corrected chi connectivity index (χ1v) is 14.3. The summed E-state index contributed by atoms with van der Waals surface area (Å²) < 4.78 is 17.2. The van der Waals surface area contributed by atoms with Gasteiger partial charge in [0.25, 0.3) is 5.91 Å². The predicted molar refractivity (Wildman–Crippen MR) is 166 cm³/mol. The first-order chi connectivity index (χ1) is 20.0. The van der Waals surface area contributed by atoms with Gasteiger partial charge in [0.15, 0.2) is 16.7 Å². The van der Waals surface area contributed by atoms with Gasteiger partial charge in [-0.3, -0.25) is 9.69 Å². The zero-order valence-electron chi connectivity index (χ0n) is 22.7. The van der Waals surface area contributed by atoms with Crippen LogP contribution in [0.3, 0.4) is 0 Å². The first-order valence-electron chi connectivity index (χ1n) is 13.1. The largest absolute Gasteiger partial charge is 0.497 e. The van der Waals surface area contributed by atoms with Crippen molar-refractivity contribution in [2.24, 2.45) is 4.99 Å². The molecule has 41 heavy (non-hydrogen) atoms. The van der Waals surface area contributed by atoms with Crippen LogP contribution in [0.25, 0.3) is 6.08 Å². The second kappa shape index (κ2) is 13.4. The Morgan fingerprint density at radius 1 is 0.902 bits per heavy atom. The molecule has 0 radical (unpaired) electrons. The topological polar surface area (TPSA) is 60.4 Å². The molecule has 4 aromatic carbocycles. The summed E-state index contributed by atoms with van der Waals surface area (Å²) in [5.41, 5.74) is 3.48. The number of rotatable bonds is 10. The Hall–Kier alpha value is -4.20. The third-order valence-corrected chi connectivity index (χ3v) is 7.51. The van der Waals surface area contributed by atoms with E-state index in [1.807, 2.05) is 104 Å². The van der Waals surface area contributed by atoms with Crippen LogP contribution in [0.1, 0.15) is 23.6 Å². The fourth-order valence-electron chi connectivity index (χ4n) is 4.21. The van der Waals surface area contributed by atoms with E-state index < -0.39 is 0 Å². The molecule has 1 heterocycles. The number of halogens is 1. The zero-order chi connectivity index (χ0) is 28.6. The molecule has 1 aliphatic rings. The minimum atomic E-state index is -0.140. The highest BCUT2D eigenvalue weighted by Gasteiger charge is 2.33. The molecule has 0 spiro atoms. The molecule has 0 aromatic heterocycles. The average molecular weight is 585 g/mol. The first kappa shape index (κ1) is 28.3. The molecule has 0 bridgehead atoms. The lowest BCUT2D eigenvalue weighted by Crippen LogP contribution is -2.28. The molecule has 1 saturated heterocycles. The molecule has 1 aliphatic heterocycles. The number of methoxy groups -OCH3 is 1. The van der Waals surface area contributed by atoms with Crippen LogP contribution < -0.4 is 14.2 Å². The maximum Gasteiger partial charge on any atom is 0.267 e. The van der Waals surface area contributed by atoms with Crippen LogP contribution >= 0.6 is 23.4 Å². The number of thioether (sulfide) groups is 1. The van der Waals surface area contributed by atoms with E-state index in [1.54, 1.807) is 18.1 Å². The smallest absolute Gasteiger partial charge is 0.267 e. The van der Waals surface area contributed by atoms with Crippen LogP contribution in [0.2, 0.25) is 5.02 Å². The molecule has 1 amide bonds. The van der Waals surface area contributed by atoms with Gasteiger partial charge >= 0.3 is 0 Å². The lowest BCUT2D eigenvalue weighted by molar-refractivity contribution is -0.122. The van der Waals surface area contributed by atoms with Crippen molar-refractivity contribution < 1.29 is 19.0 Å². The zero-order valence-corrected chi connectivity index (χ0v) is 24.3. The number of carbonyl (C=O) groups excluding carboxylic acids is 1. The van der Waals surface area contributed by atoms with Crippen molar-refractivity contribution in [3.8, 4) is 17.2 Å². The lowest BCUT2D eigenvalue weighted by Gasteiger charge is -2.16. The lowest BCUT2D eigenvalue weighted by atomic mass is 10.1. The van der Waals surface area contributed by atoms with E-state index in [0.29, 0.717) is 46.4 Å². The van der Waals surface area contributed by atoms with Crippen molar-refractivity contribution in [1.29, 1.82) is 0 Å². The van der Waals surface area contributed by atoms with Gasteiger partial charge in [0.05, 0.1) is 35.9 Å². The van der Waals surface area contributed by atoms with Crippen LogP contribution in [-0.4, -0.2) is 29.7 Å². The Morgan fingerprint density at radius 3 is 2.29 bits per heavy atom. The molecule has 1 fully saturated rings. The van der Waals surface area contributed by atoms with E-state index in [-0.39, 0.29) is 5.91 Å². The third-order valence-electron chi connectivity index (χ3n) is 6.22. The Kier molecular flexibility index (Phi) is 9.29. The molecular weight excluding hydrogens is 556 g/mol. The van der Waals surface area contributed by atoms with E-state index in [0.717, 1.165) is 28.1 Å². The van der Waals surface area contributed by atoms with Gasteiger partial charge in [-0.1, -0.05) is 72.3 Å². The third kappa shape index (κ3) is 7.12. The molecule has 0 atom stereocenters. The number of ether oxygens (including phenoxy) is 3. The number of nitrogens with zero attached hydrogens (tertiary/aromatic N) is 2. The minimum absolute atomic E-state index is 0.140. The fraction of sp³-hybridized carbons (Fsp3) is 0.152. The van der Waals surface area contributed by atoms with Crippen molar-refractivity contribution in [2.45, 2.75) is 20.1 Å². The van der Waals surface area contributed by atoms with E-state index in [4.69, 9.17) is 30.8 Å². The molecule has 208 valence electrons. The molecule has 0 saturated carbocycles. The molecule has 0 N–H and O–H groups in total. The Balaban J connectivity index is 1.45. The van der Waals surface area contributed by atoms with Gasteiger partial charge in [0.1, 0.15) is 12.4 Å². The highest BCUT2D eigenvalue weighted by Crippen LogP contribution is 2.40. The summed E-state index contributed by atoms with van der Waals surface area (Å²) in [5.74, 6) is 1.61. The molecule has 5 rings (SSSR count). The van der Waals surface area contributed by atoms with Gasteiger partial charge in [0.2, 0.25) is 0 Å². The van der Waals surface area contributed by atoms with Gasteiger partial charge in [-0.2, -0.15) is 0 Å². The summed E-state index contributed by atoms with van der Waals surface area (Å²) in [4.78, 5) is 20.7. The maximum absolute atomic E-state index is 13.7. The number of benzene rings is 4. The van der Waals surface area contributed by atoms with Gasteiger partial charge in [0, 0.05) is 0 Å². The number of hydrogen-bond donors (Lipinski definition) is 0. The second-order valence-electron chi connectivity index (χ2n) is 9.12. The second-order valence-corrected chi connectivity index (χ2v) is 10.5. The normalized spacial score (nSPS) is 15.0. The maximum atomic E-state index is 13.7. The number of carbonyl (C=O) groups is 1. The molecular formula is C33H29ClN2O4S. The van der Waals surface area contributed by atoms with Gasteiger partial charge in [-0.25, -0.2) is 4.99 Å². The number of para-hydroxylation sites is 1. The number of hydrogen-bond acceptors (Lipinski definition) is 6. The molecule has 6 nitrogen and oxygen atoms in total. The van der Waals surface area contributed by atoms with Crippen molar-refractivity contribution in [3.63, 3.8) is 0 Å². The van der Waals surface area contributed by atoms with Crippen LogP contribution in [0, 0.1) is 0 Å². The minimum Gasteiger partial charge on any atom is -0.497 e. The summed E-state index contributed by atoms with van der Waals surface area (Å²) in [6.45, 7) is 3.07. The van der Waals surface area contributed by atoms with Gasteiger partial charge < -0.3 is 14.2 Å². The SMILES string of the molecule is CCOc1cc(/C=C2\SC(=Nc3ccccc3)N(Cc3ccc(OC)cc3)C2=O)cc(Cl)c1OCc1ccccc1. The van der Waals surface area contributed by atoms with Crippen molar-refractivity contribution >= 4 is 46.2 Å². The summed E-state index contributed by atoms with van der Waals surface area (Å²) in [6.07, 6.45) is 1.82. The van der Waals surface area contributed by atoms with Crippen LogP contribution in [-0.2, 0) is 17.9 Å². The summed E-state index contributed by atoms with van der Waals surface area (Å²) in [5, 5.41) is 1.00. The predicted octanol–water partition coefficient (Wildman–Crippen LogP) is 8.13. The van der Waals surface area contributed by atoms with Crippen molar-refractivity contribution in [2.75, 3.05) is 13.7 Å². The summed E-state index contributed by atoms with van der Waals surface area (Å²) in [6, 6.07) is 30.7. The van der Waals surface area contributed by atoms with Gasteiger partial charge in [-0.05, 0) is 77.9 Å². The Morgan fingerprint density at radius 2 is 1.61 bits per heavy atom. The molecule has 4 aromatic rings. The Labute approximate surface area is 249 Å². The number of amidine groups is 1.